The minimum absolute atomic E-state index is 0.374. The fourth-order valence-corrected chi connectivity index (χ4v) is 0.226. The number of alkyl halides is 6. The van der Waals surface area contributed by atoms with Crippen molar-refractivity contribution in [3.05, 3.63) is 0 Å². The Bertz CT molecular complexity index is 151. The summed E-state index contributed by atoms with van der Waals surface area (Å²) in [6.45, 7) is 0. The molecule has 1 nitrogen and oxygen atoms in total. The van der Waals surface area contributed by atoms with Crippen LogP contribution in [0.25, 0.3) is 0 Å². The molecule has 65 valence electrons. The lowest BCUT2D eigenvalue weighted by Crippen LogP contribution is -2.48. The van der Waals surface area contributed by atoms with E-state index in [1.54, 1.807) is 0 Å². The molecule has 0 spiro atoms. The fraction of sp³-hybridized carbons (Fsp3) is 0.750. The van der Waals surface area contributed by atoms with Gasteiger partial charge in [-0.25, -0.2) is 13.2 Å². The van der Waals surface area contributed by atoms with Crippen molar-refractivity contribution in [2.75, 3.05) is 0 Å². The van der Waals surface area contributed by atoms with Crippen LogP contribution in [-0.2, 0) is 4.79 Å². The highest BCUT2D eigenvalue weighted by Crippen LogP contribution is 2.36. The monoisotopic (exact) mass is 179 g/mol. The Morgan fingerprint density at radius 1 is 1.09 bits per heavy atom. The minimum Gasteiger partial charge on any atom is -0.286 e. The van der Waals surface area contributed by atoms with Gasteiger partial charge >= 0.3 is 11.8 Å². The van der Waals surface area contributed by atoms with Gasteiger partial charge in [-0.1, -0.05) is 0 Å². The lowest BCUT2D eigenvalue weighted by atomic mass is 10.1. The predicted molar refractivity (Wildman–Crippen MR) is 21.6 cm³/mol. The lowest BCUT2D eigenvalue weighted by Gasteiger charge is -2.19. The maximum absolute atomic E-state index is 11.9. The lowest BCUT2D eigenvalue weighted by molar-refractivity contribution is -0.238. The topological polar surface area (TPSA) is 17.1 Å². The summed E-state index contributed by atoms with van der Waals surface area (Å²) < 4.78 is 68.0. The molecule has 11 heavy (non-hydrogen) atoms. The number of halogens is 6. The van der Waals surface area contributed by atoms with Crippen LogP contribution in [0, 0.1) is 0 Å². The summed E-state index contributed by atoms with van der Waals surface area (Å²) >= 11 is 0. The van der Waals surface area contributed by atoms with E-state index in [-0.39, 0.29) is 6.29 Å². The molecule has 0 aliphatic rings. The second-order valence-electron chi connectivity index (χ2n) is 1.61. The molecule has 0 aromatic rings. The van der Waals surface area contributed by atoms with Gasteiger partial charge in [0.05, 0.1) is 0 Å². The average molecular weight is 179 g/mol. The third-order valence-electron chi connectivity index (χ3n) is 0.862. The molecule has 0 fully saturated rings. The van der Waals surface area contributed by atoms with Crippen LogP contribution in [0.5, 0.6) is 0 Å². The normalized spacial score (nSPS) is 18.1. The van der Waals surface area contributed by atoms with Gasteiger partial charge in [-0.2, -0.15) is 13.2 Å². The maximum atomic E-state index is 11.9. The van der Waals surface area contributed by atoms with Crippen molar-refractivity contribution in [1.29, 1.82) is 0 Å². The molecule has 0 heterocycles. The Labute approximate surface area is 57.0 Å². The van der Waals surface area contributed by atoms with E-state index in [2.05, 4.69) is 0 Å². The average Bonchev–Trinajstić information content (AvgIpc) is 1.83. The smallest absolute Gasteiger partial charge is 0.286 e. The van der Waals surface area contributed by atoms with Crippen molar-refractivity contribution >= 4 is 6.29 Å². The first kappa shape index (κ1) is 10.2. The van der Waals surface area contributed by atoms with Crippen LogP contribution < -0.4 is 0 Å². The molecule has 0 saturated heterocycles. The quantitative estimate of drug-likeness (QED) is 0.588. The standard InChI is InChI=1S/C4HF6O/c5-2(6)3(7,1-11)4(8,9)10/h2H. The molecule has 0 aliphatic heterocycles. The summed E-state index contributed by atoms with van der Waals surface area (Å²) in [5, 5.41) is 0. The highest BCUT2D eigenvalue weighted by Gasteiger charge is 2.64. The van der Waals surface area contributed by atoms with Crippen LogP contribution in [-0.4, -0.2) is 24.6 Å². The van der Waals surface area contributed by atoms with Gasteiger partial charge in [0, 0.05) is 0 Å². The Morgan fingerprint density at radius 2 is 1.45 bits per heavy atom. The van der Waals surface area contributed by atoms with Gasteiger partial charge in [0.2, 0.25) is 0 Å². The second kappa shape index (κ2) is 2.71. The fourth-order valence-electron chi connectivity index (χ4n) is 0.226. The molecule has 1 unspecified atom stereocenters. The van der Waals surface area contributed by atoms with Gasteiger partial charge in [-0.3, -0.25) is 4.79 Å². The highest BCUT2D eigenvalue weighted by atomic mass is 19.4. The zero-order chi connectivity index (χ0) is 9.28. The Morgan fingerprint density at radius 3 is 1.45 bits per heavy atom. The van der Waals surface area contributed by atoms with Gasteiger partial charge in [-0.05, 0) is 0 Å². The molecule has 0 N–H and O–H groups in total. The van der Waals surface area contributed by atoms with Crippen LogP contribution in [0.2, 0.25) is 0 Å². The second-order valence-corrected chi connectivity index (χ2v) is 1.61. The molecule has 0 aromatic heterocycles. The largest absolute Gasteiger partial charge is 0.436 e. The summed E-state index contributed by atoms with van der Waals surface area (Å²) in [6, 6.07) is 0. The van der Waals surface area contributed by atoms with Gasteiger partial charge in [0.1, 0.15) is 0 Å². The molecule has 0 aromatic carbocycles. The molecule has 1 atom stereocenters. The summed E-state index contributed by atoms with van der Waals surface area (Å²) in [5.74, 6) is 0. The molecule has 7 heteroatoms. The van der Waals surface area contributed by atoms with E-state index in [0.29, 0.717) is 0 Å². The molecule has 1 radical (unpaired) electrons. The number of hydrogen-bond acceptors (Lipinski definition) is 1. The van der Waals surface area contributed by atoms with Crippen LogP contribution in [0.15, 0.2) is 0 Å². The highest BCUT2D eigenvalue weighted by molar-refractivity contribution is 5.65. The number of carbonyl (C=O) groups excluding carboxylic acids is 1. The molecule has 0 aliphatic carbocycles. The Balaban J connectivity index is 4.75. The predicted octanol–water partition coefficient (Wildman–Crippen LogP) is 1.63. The van der Waals surface area contributed by atoms with E-state index in [9.17, 15) is 31.1 Å². The first-order chi connectivity index (χ1) is 4.75. The molecule has 0 bridgehead atoms. The first-order valence-corrected chi connectivity index (χ1v) is 2.19. The van der Waals surface area contributed by atoms with Crippen LogP contribution in [0.3, 0.4) is 0 Å². The van der Waals surface area contributed by atoms with Crippen LogP contribution in [0.4, 0.5) is 26.3 Å². The van der Waals surface area contributed by atoms with E-state index in [4.69, 9.17) is 0 Å². The zero-order valence-corrected chi connectivity index (χ0v) is 4.75. The van der Waals surface area contributed by atoms with E-state index < -0.39 is 18.3 Å². The van der Waals surface area contributed by atoms with Crippen molar-refractivity contribution in [1.82, 2.24) is 0 Å². The molecule has 0 amide bonds. The summed E-state index contributed by atoms with van der Waals surface area (Å²) in [7, 11) is 0. The molecular formula is C4HF6O. The SMILES string of the molecule is O=[C]C(F)(C(F)F)C(F)(F)F. The van der Waals surface area contributed by atoms with Gasteiger partial charge in [-0.15, -0.1) is 0 Å². The first-order valence-electron chi connectivity index (χ1n) is 2.19. The van der Waals surface area contributed by atoms with E-state index in [1.807, 2.05) is 0 Å². The molecule has 0 saturated carbocycles. The van der Waals surface area contributed by atoms with Crippen LogP contribution >= 0.6 is 0 Å². The van der Waals surface area contributed by atoms with E-state index in [1.165, 1.54) is 0 Å². The van der Waals surface area contributed by atoms with Gasteiger partial charge in [0.25, 0.3) is 12.7 Å². The summed E-state index contributed by atoms with van der Waals surface area (Å²) in [4.78, 5) is 9.21. The number of rotatable bonds is 2. The summed E-state index contributed by atoms with van der Waals surface area (Å²) in [5.41, 5.74) is -5.16. The third kappa shape index (κ3) is 1.63. The Hall–Kier alpha value is -0.750. The zero-order valence-electron chi connectivity index (χ0n) is 4.75. The van der Waals surface area contributed by atoms with Crippen LogP contribution in [0.1, 0.15) is 0 Å². The Kier molecular flexibility index (Phi) is 2.52. The van der Waals surface area contributed by atoms with Gasteiger partial charge < -0.3 is 0 Å². The molecular weight excluding hydrogens is 178 g/mol. The summed E-state index contributed by atoms with van der Waals surface area (Å²) in [6.07, 6.45) is -10.7. The van der Waals surface area contributed by atoms with E-state index >= 15 is 0 Å². The molecule has 0 rings (SSSR count). The minimum atomic E-state index is -5.91. The van der Waals surface area contributed by atoms with Gasteiger partial charge in [0.15, 0.2) is 0 Å². The maximum Gasteiger partial charge on any atom is 0.436 e. The van der Waals surface area contributed by atoms with Crippen molar-refractivity contribution in [2.45, 2.75) is 18.3 Å². The van der Waals surface area contributed by atoms with Crippen molar-refractivity contribution in [2.24, 2.45) is 0 Å². The van der Waals surface area contributed by atoms with Crippen molar-refractivity contribution < 1.29 is 31.1 Å². The van der Waals surface area contributed by atoms with Crippen molar-refractivity contribution in [3.63, 3.8) is 0 Å². The number of hydrogen-bond donors (Lipinski definition) is 0. The van der Waals surface area contributed by atoms with E-state index in [0.717, 1.165) is 0 Å². The van der Waals surface area contributed by atoms with Crippen molar-refractivity contribution in [3.8, 4) is 0 Å². The third-order valence-corrected chi connectivity index (χ3v) is 0.862.